The summed E-state index contributed by atoms with van der Waals surface area (Å²) >= 11 is 5.74. The van der Waals surface area contributed by atoms with E-state index in [0.29, 0.717) is 21.6 Å². The van der Waals surface area contributed by atoms with Gasteiger partial charge in [0.05, 0.1) is 22.8 Å². The molecule has 0 aliphatic carbocycles. The molecule has 66 valence electrons. The molecule has 4 nitrogen and oxygen atoms in total. The molecule has 0 unspecified atom stereocenters. The Labute approximate surface area is 78.3 Å². The van der Waals surface area contributed by atoms with Gasteiger partial charge in [-0.1, -0.05) is 11.6 Å². The van der Waals surface area contributed by atoms with E-state index in [1.807, 2.05) is 0 Å². The summed E-state index contributed by atoms with van der Waals surface area (Å²) in [6, 6.07) is 3.13. The minimum atomic E-state index is -0.192. The zero-order chi connectivity index (χ0) is 9.42. The maximum atomic E-state index is 11.3. The summed E-state index contributed by atoms with van der Waals surface area (Å²) in [5.74, 6) is 0. The minimum absolute atomic E-state index is 0.192. The second-order valence-corrected chi connectivity index (χ2v) is 3.09. The standard InChI is InChI=1S/C8H6ClN3O/c9-4-1-5-7(13)3-11-12-8(5)6(10)2-4/h1-3H,10H2,(H,12,13). The summed E-state index contributed by atoms with van der Waals surface area (Å²) in [5, 5.41) is 7.20. The van der Waals surface area contributed by atoms with E-state index in [2.05, 4.69) is 10.2 Å². The summed E-state index contributed by atoms with van der Waals surface area (Å²) in [7, 11) is 0. The maximum Gasteiger partial charge on any atom is 0.208 e. The number of rotatable bonds is 0. The number of H-pyrrole nitrogens is 1. The predicted octanol–water partition coefficient (Wildman–Crippen LogP) is 1.16. The summed E-state index contributed by atoms with van der Waals surface area (Å²) in [4.78, 5) is 11.3. The minimum Gasteiger partial charge on any atom is -0.397 e. The van der Waals surface area contributed by atoms with Crippen molar-refractivity contribution in [3.8, 4) is 0 Å². The number of anilines is 1. The number of aromatic amines is 1. The molecule has 0 aliphatic rings. The molecular formula is C8H6ClN3O. The lowest BCUT2D eigenvalue weighted by Gasteiger charge is -2.00. The van der Waals surface area contributed by atoms with Crippen LogP contribution < -0.4 is 11.2 Å². The molecule has 0 atom stereocenters. The van der Waals surface area contributed by atoms with Gasteiger partial charge in [-0.25, -0.2) is 0 Å². The van der Waals surface area contributed by atoms with Crippen LogP contribution in [0.3, 0.4) is 0 Å². The van der Waals surface area contributed by atoms with Crippen LogP contribution in [0, 0.1) is 0 Å². The van der Waals surface area contributed by atoms with E-state index >= 15 is 0 Å². The number of aromatic nitrogens is 2. The average molecular weight is 196 g/mol. The first kappa shape index (κ1) is 8.07. The van der Waals surface area contributed by atoms with Crippen LogP contribution in [-0.2, 0) is 0 Å². The smallest absolute Gasteiger partial charge is 0.208 e. The van der Waals surface area contributed by atoms with E-state index in [0.717, 1.165) is 0 Å². The number of nitrogens with two attached hydrogens (primary N) is 1. The molecule has 0 saturated heterocycles. The highest BCUT2D eigenvalue weighted by Crippen LogP contribution is 2.20. The molecule has 0 radical (unpaired) electrons. The van der Waals surface area contributed by atoms with Crippen LogP contribution in [0.4, 0.5) is 5.69 Å². The quantitative estimate of drug-likeness (QED) is 0.620. The SMILES string of the molecule is Nc1cc(Cl)cc2c(=O)cn[nH]c12. The van der Waals surface area contributed by atoms with E-state index in [4.69, 9.17) is 17.3 Å². The molecular weight excluding hydrogens is 190 g/mol. The lowest BCUT2D eigenvalue weighted by atomic mass is 10.2. The first-order valence-corrected chi connectivity index (χ1v) is 3.98. The van der Waals surface area contributed by atoms with Gasteiger partial charge >= 0.3 is 0 Å². The Hall–Kier alpha value is -1.55. The Kier molecular flexibility index (Phi) is 1.70. The molecule has 3 N–H and O–H groups in total. The Bertz CT molecular complexity index is 520. The van der Waals surface area contributed by atoms with Gasteiger partial charge in [0.1, 0.15) is 0 Å². The largest absolute Gasteiger partial charge is 0.397 e. The fraction of sp³-hybridized carbons (Fsp3) is 0. The zero-order valence-electron chi connectivity index (χ0n) is 6.54. The van der Waals surface area contributed by atoms with E-state index in [-0.39, 0.29) is 5.43 Å². The fourth-order valence-corrected chi connectivity index (χ4v) is 1.40. The van der Waals surface area contributed by atoms with E-state index in [1.165, 1.54) is 6.20 Å². The van der Waals surface area contributed by atoms with Crippen molar-refractivity contribution >= 4 is 28.2 Å². The third kappa shape index (κ3) is 1.25. The molecule has 13 heavy (non-hydrogen) atoms. The van der Waals surface area contributed by atoms with Gasteiger partial charge in [0.25, 0.3) is 0 Å². The molecule has 0 amide bonds. The summed E-state index contributed by atoms with van der Waals surface area (Å²) < 4.78 is 0. The number of nitrogens with zero attached hydrogens (tertiary/aromatic N) is 1. The topological polar surface area (TPSA) is 71.8 Å². The van der Waals surface area contributed by atoms with Crippen molar-refractivity contribution in [2.75, 3.05) is 5.73 Å². The van der Waals surface area contributed by atoms with Crippen molar-refractivity contribution in [2.24, 2.45) is 0 Å². The van der Waals surface area contributed by atoms with Crippen LogP contribution in [0.25, 0.3) is 10.9 Å². The summed E-state index contributed by atoms with van der Waals surface area (Å²) in [6.45, 7) is 0. The lowest BCUT2D eigenvalue weighted by molar-refractivity contribution is 1.07. The molecule has 0 fully saturated rings. The third-order valence-corrected chi connectivity index (χ3v) is 1.98. The van der Waals surface area contributed by atoms with E-state index in [9.17, 15) is 4.79 Å². The highest BCUT2D eigenvalue weighted by molar-refractivity contribution is 6.31. The molecule has 0 saturated carbocycles. The van der Waals surface area contributed by atoms with Gasteiger partial charge in [-0.15, -0.1) is 0 Å². The van der Waals surface area contributed by atoms with Crippen LogP contribution in [0.1, 0.15) is 0 Å². The predicted molar refractivity (Wildman–Crippen MR) is 51.8 cm³/mol. The van der Waals surface area contributed by atoms with Crippen molar-refractivity contribution in [3.05, 3.63) is 33.6 Å². The second kappa shape index (κ2) is 2.74. The van der Waals surface area contributed by atoms with Gasteiger partial charge in [-0.05, 0) is 12.1 Å². The van der Waals surface area contributed by atoms with Crippen LogP contribution >= 0.6 is 11.6 Å². The average Bonchev–Trinajstić information content (AvgIpc) is 2.07. The summed E-state index contributed by atoms with van der Waals surface area (Å²) in [5.41, 5.74) is 6.39. The number of nitrogen functional groups attached to an aromatic ring is 1. The van der Waals surface area contributed by atoms with Crippen LogP contribution in [-0.4, -0.2) is 10.2 Å². The number of hydrogen-bond donors (Lipinski definition) is 2. The number of hydrogen-bond acceptors (Lipinski definition) is 3. The van der Waals surface area contributed by atoms with Crippen LogP contribution in [0.15, 0.2) is 23.1 Å². The summed E-state index contributed by atoms with van der Waals surface area (Å²) in [6.07, 6.45) is 1.19. The molecule has 2 rings (SSSR count). The maximum absolute atomic E-state index is 11.3. The van der Waals surface area contributed by atoms with Crippen LogP contribution in [0.5, 0.6) is 0 Å². The van der Waals surface area contributed by atoms with Gasteiger partial charge in [-0.3, -0.25) is 9.89 Å². The first-order chi connectivity index (χ1) is 6.18. The van der Waals surface area contributed by atoms with Crippen molar-refractivity contribution in [3.63, 3.8) is 0 Å². The Balaban J connectivity index is 3.03. The molecule has 0 aliphatic heterocycles. The number of halogens is 1. The highest BCUT2D eigenvalue weighted by atomic mass is 35.5. The lowest BCUT2D eigenvalue weighted by Crippen LogP contribution is -2.04. The van der Waals surface area contributed by atoms with E-state index < -0.39 is 0 Å². The normalized spacial score (nSPS) is 10.5. The molecule has 5 heteroatoms. The van der Waals surface area contributed by atoms with Crippen molar-refractivity contribution in [2.45, 2.75) is 0 Å². The molecule has 1 heterocycles. The van der Waals surface area contributed by atoms with Crippen LogP contribution in [0.2, 0.25) is 5.02 Å². The molecule has 1 aromatic heterocycles. The number of benzene rings is 1. The van der Waals surface area contributed by atoms with Crippen molar-refractivity contribution in [1.29, 1.82) is 0 Å². The number of fused-ring (bicyclic) bond motifs is 1. The first-order valence-electron chi connectivity index (χ1n) is 3.61. The van der Waals surface area contributed by atoms with E-state index in [1.54, 1.807) is 12.1 Å². The Morgan fingerprint density at radius 2 is 2.23 bits per heavy atom. The third-order valence-electron chi connectivity index (χ3n) is 1.76. The molecule has 0 spiro atoms. The van der Waals surface area contributed by atoms with Gasteiger partial charge < -0.3 is 5.73 Å². The van der Waals surface area contributed by atoms with Gasteiger partial charge in [0, 0.05) is 5.02 Å². The molecule has 2 aromatic rings. The van der Waals surface area contributed by atoms with Gasteiger partial charge in [0.2, 0.25) is 5.43 Å². The molecule has 1 aromatic carbocycles. The Morgan fingerprint density at radius 3 is 3.00 bits per heavy atom. The van der Waals surface area contributed by atoms with Gasteiger partial charge in [-0.2, -0.15) is 5.10 Å². The fourth-order valence-electron chi connectivity index (χ4n) is 1.17. The van der Waals surface area contributed by atoms with Crippen molar-refractivity contribution in [1.82, 2.24) is 10.2 Å². The zero-order valence-corrected chi connectivity index (χ0v) is 7.30. The van der Waals surface area contributed by atoms with Crippen molar-refractivity contribution < 1.29 is 0 Å². The van der Waals surface area contributed by atoms with Gasteiger partial charge in [0.15, 0.2) is 0 Å². The number of nitrogens with one attached hydrogen (secondary N) is 1. The monoisotopic (exact) mass is 195 g/mol. The molecule has 0 bridgehead atoms. The highest BCUT2D eigenvalue weighted by Gasteiger charge is 2.03. The Morgan fingerprint density at radius 1 is 1.46 bits per heavy atom. The second-order valence-electron chi connectivity index (χ2n) is 2.65.